The van der Waals surface area contributed by atoms with Crippen LogP contribution in [0.3, 0.4) is 0 Å². The minimum absolute atomic E-state index is 0.173. The van der Waals surface area contributed by atoms with E-state index in [9.17, 15) is 4.39 Å². The minimum atomic E-state index is -0.173. The van der Waals surface area contributed by atoms with E-state index in [2.05, 4.69) is 15.6 Å². The first-order chi connectivity index (χ1) is 11.7. The van der Waals surface area contributed by atoms with Crippen molar-refractivity contribution < 1.29 is 9.13 Å². The van der Waals surface area contributed by atoms with Gasteiger partial charge in [-0.05, 0) is 31.0 Å². The zero-order valence-corrected chi connectivity index (χ0v) is 14.2. The molecular weight excluding hydrogens is 305 g/mol. The maximum atomic E-state index is 13.6. The molecule has 4 nitrogen and oxygen atoms in total. The molecule has 2 aromatic rings. The molecule has 0 heterocycles. The average molecular weight is 329 g/mol. The van der Waals surface area contributed by atoms with Crippen LogP contribution in [0.5, 0.6) is 5.75 Å². The smallest absolute Gasteiger partial charge is 0.191 e. The average Bonchev–Trinajstić information content (AvgIpc) is 2.61. The van der Waals surface area contributed by atoms with E-state index in [1.165, 1.54) is 6.07 Å². The molecule has 0 aromatic heterocycles. The normalized spacial score (nSPS) is 11.2. The Bertz CT molecular complexity index is 673. The predicted molar refractivity (Wildman–Crippen MR) is 95.9 cm³/mol. The zero-order chi connectivity index (χ0) is 17.2. The molecule has 0 atom stereocenters. The quantitative estimate of drug-likeness (QED) is 0.606. The summed E-state index contributed by atoms with van der Waals surface area (Å²) in [6, 6.07) is 14.7. The second-order valence-corrected chi connectivity index (χ2v) is 5.23. The standard InChI is InChI=1S/C19H24FN3O/c1-3-24-18-11-7-5-9-16(18)14-23-19(21-2)22-13-12-15-8-4-6-10-17(15)20/h4-11H,3,12-14H2,1-2H3,(H2,21,22,23). The topological polar surface area (TPSA) is 45.6 Å². The van der Waals surface area contributed by atoms with E-state index in [-0.39, 0.29) is 5.82 Å². The molecule has 0 aliphatic rings. The molecule has 24 heavy (non-hydrogen) atoms. The van der Waals surface area contributed by atoms with Crippen molar-refractivity contribution in [3.05, 3.63) is 65.5 Å². The molecule has 128 valence electrons. The van der Waals surface area contributed by atoms with Gasteiger partial charge in [-0.15, -0.1) is 0 Å². The molecule has 2 N–H and O–H groups in total. The summed E-state index contributed by atoms with van der Waals surface area (Å²) in [7, 11) is 1.72. The number of rotatable bonds is 7. The van der Waals surface area contributed by atoms with Crippen molar-refractivity contribution in [3.63, 3.8) is 0 Å². The molecule has 0 saturated heterocycles. The summed E-state index contributed by atoms with van der Waals surface area (Å²) in [6.07, 6.45) is 0.600. The molecule has 0 aliphatic carbocycles. The third-order valence-electron chi connectivity index (χ3n) is 3.59. The maximum Gasteiger partial charge on any atom is 0.191 e. The Morgan fingerprint density at radius 2 is 1.75 bits per heavy atom. The van der Waals surface area contributed by atoms with Crippen LogP contribution in [0.15, 0.2) is 53.5 Å². The number of guanidine groups is 1. The zero-order valence-electron chi connectivity index (χ0n) is 14.2. The number of halogens is 1. The van der Waals surface area contributed by atoms with Gasteiger partial charge in [0, 0.05) is 25.7 Å². The van der Waals surface area contributed by atoms with Gasteiger partial charge in [-0.25, -0.2) is 4.39 Å². The Kier molecular flexibility index (Phi) is 7.08. The lowest BCUT2D eigenvalue weighted by atomic mass is 10.1. The van der Waals surface area contributed by atoms with Gasteiger partial charge >= 0.3 is 0 Å². The van der Waals surface area contributed by atoms with Crippen LogP contribution in [0.25, 0.3) is 0 Å². The first-order valence-corrected chi connectivity index (χ1v) is 8.13. The van der Waals surface area contributed by atoms with Crippen molar-refractivity contribution >= 4 is 5.96 Å². The van der Waals surface area contributed by atoms with Crippen molar-refractivity contribution in [1.82, 2.24) is 10.6 Å². The number of nitrogens with zero attached hydrogens (tertiary/aromatic N) is 1. The van der Waals surface area contributed by atoms with Crippen LogP contribution < -0.4 is 15.4 Å². The lowest BCUT2D eigenvalue weighted by Gasteiger charge is -2.14. The highest BCUT2D eigenvalue weighted by atomic mass is 19.1. The van der Waals surface area contributed by atoms with Crippen LogP contribution in [-0.2, 0) is 13.0 Å². The number of hydrogen-bond acceptors (Lipinski definition) is 2. The number of nitrogens with one attached hydrogen (secondary N) is 2. The summed E-state index contributed by atoms with van der Waals surface area (Å²) < 4.78 is 19.2. The number of hydrogen-bond donors (Lipinski definition) is 2. The van der Waals surface area contributed by atoms with Crippen molar-refractivity contribution in [3.8, 4) is 5.75 Å². The van der Waals surface area contributed by atoms with E-state index in [4.69, 9.17) is 4.74 Å². The monoisotopic (exact) mass is 329 g/mol. The first kappa shape index (κ1) is 17.8. The van der Waals surface area contributed by atoms with Gasteiger partial charge in [0.05, 0.1) is 6.61 Å². The van der Waals surface area contributed by atoms with E-state index in [1.54, 1.807) is 19.2 Å². The van der Waals surface area contributed by atoms with E-state index < -0.39 is 0 Å². The predicted octanol–water partition coefficient (Wildman–Crippen LogP) is 3.13. The molecule has 0 amide bonds. The summed E-state index contributed by atoms with van der Waals surface area (Å²) in [5.74, 6) is 1.37. The largest absolute Gasteiger partial charge is 0.494 e. The molecule has 2 aromatic carbocycles. The van der Waals surface area contributed by atoms with Gasteiger partial charge < -0.3 is 15.4 Å². The third-order valence-corrected chi connectivity index (χ3v) is 3.59. The minimum Gasteiger partial charge on any atom is -0.494 e. The highest BCUT2D eigenvalue weighted by Crippen LogP contribution is 2.17. The van der Waals surface area contributed by atoms with Crippen LogP contribution in [0.2, 0.25) is 0 Å². The Morgan fingerprint density at radius 1 is 1.04 bits per heavy atom. The van der Waals surface area contributed by atoms with E-state index in [1.807, 2.05) is 37.3 Å². The number of aliphatic imine (C=N–C) groups is 1. The van der Waals surface area contributed by atoms with Crippen LogP contribution in [-0.4, -0.2) is 26.2 Å². The fourth-order valence-electron chi connectivity index (χ4n) is 2.36. The van der Waals surface area contributed by atoms with Gasteiger partial charge in [0.25, 0.3) is 0 Å². The van der Waals surface area contributed by atoms with Gasteiger partial charge in [0.15, 0.2) is 5.96 Å². The molecule has 0 radical (unpaired) electrons. The van der Waals surface area contributed by atoms with Crippen molar-refractivity contribution in [2.45, 2.75) is 19.9 Å². The van der Waals surface area contributed by atoms with Crippen LogP contribution >= 0.6 is 0 Å². The van der Waals surface area contributed by atoms with Gasteiger partial charge in [-0.3, -0.25) is 4.99 Å². The molecule has 0 aliphatic heterocycles. The van der Waals surface area contributed by atoms with Crippen LogP contribution in [0.1, 0.15) is 18.1 Å². The van der Waals surface area contributed by atoms with Crippen LogP contribution in [0, 0.1) is 5.82 Å². The van der Waals surface area contributed by atoms with Crippen molar-refractivity contribution in [2.75, 3.05) is 20.2 Å². The summed E-state index contributed by atoms with van der Waals surface area (Å²) in [5, 5.41) is 6.45. The Labute approximate surface area is 142 Å². The van der Waals surface area contributed by atoms with Gasteiger partial charge in [0.1, 0.15) is 11.6 Å². The molecule has 0 fully saturated rings. The van der Waals surface area contributed by atoms with Gasteiger partial charge in [-0.1, -0.05) is 36.4 Å². The highest BCUT2D eigenvalue weighted by Gasteiger charge is 2.05. The summed E-state index contributed by atoms with van der Waals surface area (Å²) >= 11 is 0. The fourth-order valence-corrected chi connectivity index (χ4v) is 2.36. The Morgan fingerprint density at radius 3 is 2.46 bits per heavy atom. The second-order valence-electron chi connectivity index (χ2n) is 5.23. The van der Waals surface area contributed by atoms with Crippen molar-refractivity contribution in [2.24, 2.45) is 4.99 Å². The molecule has 2 rings (SSSR count). The molecule has 0 spiro atoms. The van der Waals surface area contributed by atoms with E-state index >= 15 is 0 Å². The molecule has 0 bridgehead atoms. The van der Waals surface area contributed by atoms with Crippen molar-refractivity contribution in [1.29, 1.82) is 0 Å². The molecule has 5 heteroatoms. The molecule has 0 saturated carbocycles. The third kappa shape index (κ3) is 5.26. The first-order valence-electron chi connectivity index (χ1n) is 8.13. The van der Waals surface area contributed by atoms with Gasteiger partial charge in [0.2, 0.25) is 0 Å². The van der Waals surface area contributed by atoms with E-state index in [0.717, 1.165) is 11.3 Å². The highest BCUT2D eigenvalue weighted by molar-refractivity contribution is 5.79. The maximum absolute atomic E-state index is 13.6. The Balaban J connectivity index is 1.84. The fraction of sp³-hybridized carbons (Fsp3) is 0.316. The SMILES string of the molecule is CCOc1ccccc1CNC(=NC)NCCc1ccccc1F. The van der Waals surface area contributed by atoms with E-state index in [0.29, 0.717) is 37.6 Å². The lowest BCUT2D eigenvalue weighted by Crippen LogP contribution is -2.38. The lowest BCUT2D eigenvalue weighted by molar-refractivity contribution is 0.336. The number of benzene rings is 2. The molecule has 0 unspecified atom stereocenters. The Hall–Kier alpha value is -2.56. The number of para-hydroxylation sites is 1. The summed E-state index contributed by atoms with van der Waals surface area (Å²) in [5.41, 5.74) is 1.76. The van der Waals surface area contributed by atoms with Crippen LogP contribution in [0.4, 0.5) is 4.39 Å². The number of ether oxygens (including phenoxy) is 1. The molecular formula is C19H24FN3O. The summed E-state index contributed by atoms with van der Waals surface area (Å²) in [6.45, 7) is 3.81. The summed E-state index contributed by atoms with van der Waals surface area (Å²) in [4.78, 5) is 4.19. The second kappa shape index (κ2) is 9.55. The van der Waals surface area contributed by atoms with Gasteiger partial charge in [-0.2, -0.15) is 0 Å².